The summed E-state index contributed by atoms with van der Waals surface area (Å²) in [5, 5.41) is 3.48. The molecule has 1 aliphatic carbocycles. The largest absolute Gasteiger partial charge is 0.489 e. The van der Waals surface area contributed by atoms with Crippen molar-refractivity contribution in [3.8, 4) is 5.75 Å². The van der Waals surface area contributed by atoms with Crippen LogP contribution in [0, 0.1) is 0 Å². The summed E-state index contributed by atoms with van der Waals surface area (Å²) in [6, 6.07) is 6.64. The molecule has 2 heteroatoms. The molecular weight excluding hydrogens is 246 g/mol. The summed E-state index contributed by atoms with van der Waals surface area (Å²) in [5.41, 5.74) is 3.02. The Hall–Kier alpha value is -1.02. The Kier molecular flexibility index (Phi) is 6.38. The maximum atomic E-state index is 6.02. The molecule has 0 aliphatic heterocycles. The highest BCUT2D eigenvalue weighted by molar-refractivity contribution is 5.37. The predicted molar refractivity (Wildman–Crippen MR) is 85.6 cm³/mol. The van der Waals surface area contributed by atoms with E-state index in [0.717, 1.165) is 18.8 Å². The number of fused-ring (bicyclic) bond motifs is 1. The first-order valence-electron chi connectivity index (χ1n) is 8.28. The molecule has 1 aromatic carbocycles. The van der Waals surface area contributed by atoms with Gasteiger partial charge in [0.05, 0.1) is 0 Å². The number of aryl methyl sites for hydroxylation is 2. The number of ether oxygens (including phenoxy) is 1. The monoisotopic (exact) mass is 275 g/mol. The van der Waals surface area contributed by atoms with Gasteiger partial charge in [-0.15, -0.1) is 0 Å². The van der Waals surface area contributed by atoms with Crippen LogP contribution < -0.4 is 10.1 Å². The minimum atomic E-state index is 0.235. The Balaban J connectivity index is 1.75. The molecule has 0 radical (unpaired) electrons. The molecule has 112 valence electrons. The molecule has 0 bridgehead atoms. The van der Waals surface area contributed by atoms with Crippen LogP contribution in [0.25, 0.3) is 0 Å². The van der Waals surface area contributed by atoms with E-state index in [9.17, 15) is 0 Å². The van der Waals surface area contributed by atoms with E-state index >= 15 is 0 Å². The maximum Gasteiger partial charge on any atom is 0.120 e. The van der Waals surface area contributed by atoms with Gasteiger partial charge in [0.1, 0.15) is 11.9 Å². The van der Waals surface area contributed by atoms with E-state index in [0.29, 0.717) is 0 Å². The van der Waals surface area contributed by atoms with Crippen LogP contribution in [0.1, 0.15) is 57.1 Å². The molecule has 1 aliphatic rings. The molecule has 0 saturated carbocycles. The Labute approximate surface area is 123 Å². The standard InChI is InChI=1S/C18H29NO/c1-3-4-7-12-19-14-15(2)20-18-11-10-16-8-5-6-9-17(16)13-18/h10-11,13,15,19H,3-9,12,14H2,1-2H3. The topological polar surface area (TPSA) is 21.3 Å². The molecule has 0 spiro atoms. The SMILES string of the molecule is CCCCCNCC(C)Oc1ccc2c(c1)CCCC2. The summed E-state index contributed by atoms with van der Waals surface area (Å²) in [6.45, 7) is 6.42. The summed E-state index contributed by atoms with van der Waals surface area (Å²) < 4.78 is 6.02. The first-order valence-corrected chi connectivity index (χ1v) is 8.28. The number of hydrogen-bond donors (Lipinski definition) is 1. The summed E-state index contributed by atoms with van der Waals surface area (Å²) in [6.07, 6.45) is 9.22. The average molecular weight is 275 g/mol. The third-order valence-corrected chi connectivity index (χ3v) is 4.05. The van der Waals surface area contributed by atoms with Crippen LogP contribution in [0.4, 0.5) is 0 Å². The van der Waals surface area contributed by atoms with Crippen molar-refractivity contribution in [2.75, 3.05) is 13.1 Å². The molecular formula is C18H29NO. The van der Waals surface area contributed by atoms with Gasteiger partial charge in [0.15, 0.2) is 0 Å². The van der Waals surface area contributed by atoms with E-state index in [1.54, 1.807) is 0 Å². The van der Waals surface area contributed by atoms with Crippen molar-refractivity contribution < 1.29 is 4.74 Å². The normalized spacial score (nSPS) is 15.7. The molecule has 2 nitrogen and oxygen atoms in total. The second-order valence-corrected chi connectivity index (χ2v) is 5.98. The van der Waals surface area contributed by atoms with Crippen molar-refractivity contribution in [2.24, 2.45) is 0 Å². The second kappa shape index (κ2) is 8.31. The smallest absolute Gasteiger partial charge is 0.120 e. The van der Waals surface area contributed by atoms with Crippen LogP contribution in [0.15, 0.2) is 18.2 Å². The number of nitrogens with one attached hydrogen (secondary N) is 1. The average Bonchev–Trinajstić information content (AvgIpc) is 2.47. The lowest BCUT2D eigenvalue weighted by molar-refractivity contribution is 0.217. The van der Waals surface area contributed by atoms with Gasteiger partial charge in [0.25, 0.3) is 0 Å². The first-order chi connectivity index (χ1) is 9.79. The van der Waals surface area contributed by atoms with Gasteiger partial charge in [-0.25, -0.2) is 0 Å². The lowest BCUT2D eigenvalue weighted by Crippen LogP contribution is -2.29. The third kappa shape index (κ3) is 4.82. The summed E-state index contributed by atoms with van der Waals surface area (Å²) in [7, 11) is 0. The maximum absolute atomic E-state index is 6.02. The first kappa shape index (κ1) is 15.4. The molecule has 2 rings (SSSR count). The van der Waals surface area contributed by atoms with Gasteiger partial charge in [-0.2, -0.15) is 0 Å². The molecule has 0 amide bonds. The van der Waals surface area contributed by atoms with Gasteiger partial charge in [0, 0.05) is 6.54 Å². The minimum Gasteiger partial charge on any atom is -0.489 e. The van der Waals surface area contributed by atoms with Gasteiger partial charge >= 0.3 is 0 Å². The molecule has 0 aromatic heterocycles. The van der Waals surface area contributed by atoms with Gasteiger partial charge in [-0.3, -0.25) is 0 Å². The zero-order chi connectivity index (χ0) is 14.2. The van der Waals surface area contributed by atoms with Crippen molar-refractivity contribution in [3.63, 3.8) is 0 Å². The minimum absolute atomic E-state index is 0.235. The number of unbranched alkanes of at least 4 members (excludes halogenated alkanes) is 2. The van der Waals surface area contributed by atoms with Gasteiger partial charge in [-0.1, -0.05) is 25.8 Å². The molecule has 1 N–H and O–H groups in total. The zero-order valence-electron chi connectivity index (χ0n) is 13.1. The van der Waals surface area contributed by atoms with E-state index in [-0.39, 0.29) is 6.10 Å². The Morgan fingerprint density at radius 2 is 1.95 bits per heavy atom. The third-order valence-electron chi connectivity index (χ3n) is 4.05. The van der Waals surface area contributed by atoms with Crippen LogP contribution >= 0.6 is 0 Å². The molecule has 0 fully saturated rings. The highest BCUT2D eigenvalue weighted by atomic mass is 16.5. The lowest BCUT2D eigenvalue weighted by atomic mass is 9.92. The fraction of sp³-hybridized carbons (Fsp3) is 0.667. The lowest BCUT2D eigenvalue weighted by Gasteiger charge is -2.19. The quantitative estimate of drug-likeness (QED) is 0.721. The Morgan fingerprint density at radius 3 is 2.75 bits per heavy atom. The van der Waals surface area contributed by atoms with Crippen LogP contribution in [0.3, 0.4) is 0 Å². The van der Waals surface area contributed by atoms with Crippen LogP contribution in [-0.2, 0) is 12.8 Å². The molecule has 0 heterocycles. The van der Waals surface area contributed by atoms with Gasteiger partial charge in [0.2, 0.25) is 0 Å². The van der Waals surface area contributed by atoms with Crippen LogP contribution in [-0.4, -0.2) is 19.2 Å². The summed E-state index contributed by atoms with van der Waals surface area (Å²) >= 11 is 0. The fourth-order valence-corrected chi connectivity index (χ4v) is 2.86. The van der Waals surface area contributed by atoms with E-state index in [1.807, 2.05) is 0 Å². The highest BCUT2D eigenvalue weighted by Gasteiger charge is 2.11. The van der Waals surface area contributed by atoms with Gasteiger partial charge < -0.3 is 10.1 Å². The van der Waals surface area contributed by atoms with Crippen molar-refractivity contribution >= 4 is 0 Å². The van der Waals surface area contributed by atoms with Crippen molar-refractivity contribution in [2.45, 2.75) is 64.9 Å². The summed E-state index contributed by atoms with van der Waals surface area (Å²) in [5.74, 6) is 1.04. The van der Waals surface area contributed by atoms with E-state index in [2.05, 4.69) is 37.4 Å². The van der Waals surface area contributed by atoms with Crippen LogP contribution in [0.5, 0.6) is 5.75 Å². The molecule has 1 aromatic rings. The second-order valence-electron chi connectivity index (χ2n) is 5.98. The molecule has 1 unspecified atom stereocenters. The predicted octanol–water partition coefficient (Wildman–Crippen LogP) is 4.11. The molecule has 1 atom stereocenters. The molecule has 20 heavy (non-hydrogen) atoms. The van der Waals surface area contributed by atoms with E-state index in [4.69, 9.17) is 4.74 Å². The van der Waals surface area contributed by atoms with Crippen molar-refractivity contribution in [3.05, 3.63) is 29.3 Å². The number of hydrogen-bond acceptors (Lipinski definition) is 2. The fourth-order valence-electron chi connectivity index (χ4n) is 2.86. The zero-order valence-corrected chi connectivity index (χ0v) is 13.1. The van der Waals surface area contributed by atoms with E-state index < -0.39 is 0 Å². The number of rotatable bonds is 8. The van der Waals surface area contributed by atoms with E-state index in [1.165, 1.54) is 56.1 Å². The molecule has 0 saturated heterocycles. The van der Waals surface area contributed by atoms with Gasteiger partial charge in [-0.05, 0) is 68.8 Å². The van der Waals surface area contributed by atoms with Crippen molar-refractivity contribution in [1.29, 1.82) is 0 Å². The Morgan fingerprint density at radius 1 is 1.15 bits per heavy atom. The van der Waals surface area contributed by atoms with Crippen molar-refractivity contribution in [1.82, 2.24) is 5.32 Å². The summed E-state index contributed by atoms with van der Waals surface area (Å²) in [4.78, 5) is 0. The van der Waals surface area contributed by atoms with Crippen LogP contribution in [0.2, 0.25) is 0 Å². The number of benzene rings is 1. The Bertz CT molecular complexity index is 402. The highest BCUT2D eigenvalue weighted by Crippen LogP contribution is 2.25.